The zero-order chi connectivity index (χ0) is 18.6. The summed E-state index contributed by atoms with van der Waals surface area (Å²) >= 11 is 0. The standard InChI is InChI=1S/C23H29N3O/c1-18-4-2-6-21(16-18)26-14-12-25(13-15-26)11-3-5-19-7-9-22-20(17-19)8-10-23(27)24-22/h2,4,6-7,9,16-17H,3,5,8,10-15H2,1H3,(H,24,27). The van der Waals surface area contributed by atoms with Crippen molar-refractivity contribution in [2.75, 3.05) is 42.9 Å². The van der Waals surface area contributed by atoms with E-state index in [1.165, 1.54) is 28.8 Å². The van der Waals surface area contributed by atoms with Crippen LogP contribution in [0.3, 0.4) is 0 Å². The molecule has 0 aromatic heterocycles. The van der Waals surface area contributed by atoms with E-state index in [-0.39, 0.29) is 5.91 Å². The number of hydrogen-bond acceptors (Lipinski definition) is 3. The van der Waals surface area contributed by atoms with Gasteiger partial charge in [-0.3, -0.25) is 9.69 Å². The van der Waals surface area contributed by atoms with Crippen molar-refractivity contribution in [3.63, 3.8) is 0 Å². The molecule has 2 aliphatic heterocycles. The number of carbonyl (C=O) groups excluding carboxylic acids is 1. The van der Waals surface area contributed by atoms with Crippen LogP contribution < -0.4 is 10.2 Å². The molecule has 142 valence electrons. The third kappa shape index (κ3) is 4.51. The second-order valence-electron chi connectivity index (χ2n) is 7.81. The van der Waals surface area contributed by atoms with Crippen molar-refractivity contribution >= 4 is 17.3 Å². The molecule has 1 fully saturated rings. The van der Waals surface area contributed by atoms with Crippen molar-refractivity contribution in [2.45, 2.75) is 32.6 Å². The summed E-state index contributed by atoms with van der Waals surface area (Å²) in [4.78, 5) is 16.6. The second kappa shape index (κ2) is 8.13. The highest BCUT2D eigenvalue weighted by molar-refractivity contribution is 5.93. The number of nitrogens with zero attached hydrogens (tertiary/aromatic N) is 2. The Morgan fingerprint density at radius 2 is 1.85 bits per heavy atom. The van der Waals surface area contributed by atoms with E-state index in [2.05, 4.69) is 64.5 Å². The molecule has 27 heavy (non-hydrogen) atoms. The Bertz CT molecular complexity index is 809. The van der Waals surface area contributed by atoms with Crippen LogP contribution in [0.4, 0.5) is 11.4 Å². The minimum atomic E-state index is 0.139. The Morgan fingerprint density at radius 3 is 2.67 bits per heavy atom. The maximum atomic E-state index is 11.5. The van der Waals surface area contributed by atoms with Crippen molar-refractivity contribution < 1.29 is 4.79 Å². The summed E-state index contributed by atoms with van der Waals surface area (Å²) in [7, 11) is 0. The van der Waals surface area contributed by atoms with Crippen LogP contribution in [0.1, 0.15) is 29.5 Å². The molecule has 4 rings (SSSR count). The number of aryl methyl sites for hydroxylation is 3. The van der Waals surface area contributed by atoms with Gasteiger partial charge in [-0.2, -0.15) is 0 Å². The first-order chi connectivity index (χ1) is 13.2. The number of hydrogen-bond donors (Lipinski definition) is 1. The summed E-state index contributed by atoms with van der Waals surface area (Å²) in [6.07, 6.45) is 3.78. The topological polar surface area (TPSA) is 35.6 Å². The van der Waals surface area contributed by atoms with Crippen LogP contribution in [0.5, 0.6) is 0 Å². The molecule has 2 aromatic rings. The maximum Gasteiger partial charge on any atom is 0.224 e. The molecule has 0 spiro atoms. The lowest BCUT2D eigenvalue weighted by molar-refractivity contribution is -0.116. The third-order valence-electron chi connectivity index (χ3n) is 5.74. The monoisotopic (exact) mass is 363 g/mol. The van der Waals surface area contributed by atoms with Crippen LogP contribution in [0.25, 0.3) is 0 Å². The maximum absolute atomic E-state index is 11.5. The van der Waals surface area contributed by atoms with Gasteiger partial charge in [0, 0.05) is 44.0 Å². The molecule has 1 amide bonds. The van der Waals surface area contributed by atoms with E-state index in [1.54, 1.807) is 0 Å². The fourth-order valence-corrected chi connectivity index (χ4v) is 4.15. The molecular weight excluding hydrogens is 334 g/mol. The first-order valence-corrected chi connectivity index (χ1v) is 10.1. The molecule has 0 atom stereocenters. The van der Waals surface area contributed by atoms with E-state index < -0.39 is 0 Å². The fraction of sp³-hybridized carbons (Fsp3) is 0.435. The Balaban J connectivity index is 1.23. The number of anilines is 2. The highest BCUT2D eigenvalue weighted by atomic mass is 16.1. The molecule has 0 radical (unpaired) electrons. The summed E-state index contributed by atoms with van der Waals surface area (Å²) in [6.45, 7) is 7.84. The van der Waals surface area contributed by atoms with Gasteiger partial charge in [-0.1, -0.05) is 24.3 Å². The molecule has 0 aliphatic carbocycles. The van der Waals surface area contributed by atoms with E-state index in [0.29, 0.717) is 6.42 Å². The summed E-state index contributed by atoms with van der Waals surface area (Å²) in [6, 6.07) is 15.3. The van der Waals surface area contributed by atoms with Gasteiger partial charge in [0.05, 0.1) is 0 Å². The summed E-state index contributed by atoms with van der Waals surface area (Å²) < 4.78 is 0. The first kappa shape index (κ1) is 18.1. The van der Waals surface area contributed by atoms with E-state index in [1.807, 2.05) is 0 Å². The fourth-order valence-electron chi connectivity index (χ4n) is 4.15. The lowest BCUT2D eigenvalue weighted by atomic mass is 9.98. The number of fused-ring (bicyclic) bond motifs is 1. The molecule has 2 aromatic carbocycles. The van der Waals surface area contributed by atoms with Gasteiger partial charge in [-0.15, -0.1) is 0 Å². The number of nitrogens with one attached hydrogen (secondary N) is 1. The van der Waals surface area contributed by atoms with Gasteiger partial charge < -0.3 is 10.2 Å². The van der Waals surface area contributed by atoms with Crippen LogP contribution in [0.15, 0.2) is 42.5 Å². The SMILES string of the molecule is Cc1cccc(N2CCN(CCCc3ccc4c(c3)CCC(=O)N4)CC2)c1. The minimum absolute atomic E-state index is 0.139. The largest absolute Gasteiger partial charge is 0.369 e. The summed E-state index contributed by atoms with van der Waals surface area (Å²) in [5.41, 5.74) is 6.37. The molecule has 2 aliphatic rings. The smallest absolute Gasteiger partial charge is 0.224 e. The van der Waals surface area contributed by atoms with Gasteiger partial charge in [-0.05, 0) is 67.6 Å². The Labute approximate surface area is 162 Å². The number of piperazine rings is 1. The normalized spacial score (nSPS) is 17.5. The van der Waals surface area contributed by atoms with Gasteiger partial charge in [0.1, 0.15) is 0 Å². The van der Waals surface area contributed by atoms with Gasteiger partial charge in [0.25, 0.3) is 0 Å². The van der Waals surface area contributed by atoms with Crippen molar-refractivity contribution in [1.82, 2.24) is 4.90 Å². The Kier molecular flexibility index (Phi) is 5.44. The predicted molar refractivity (Wildman–Crippen MR) is 112 cm³/mol. The molecule has 0 bridgehead atoms. The molecule has 2 heterocycles. The van der Waals surface area contributed by atoms with Gasteiger partial charge in [0.2, 0.25) is 5.91 Å². The zero-order valence-electron chi connectivity index (χ0n) is 16.2. The van der Waals surface area contributed by atoms with Crippen molar-refractivity contribution in [3.05, 3.63) is 59.2 Å². The van der Waals surface area contributed by atoms with Crippen LogP contribution in [0, 0.1) is 6.92 Å². The van der Waals surface area contributed by atoms with Crippen LogP contribution in [-0.4, -0.2) is 43.5 Å². The average molecular weight is 364 g/mol. The summed E-state index contributed by atoms with van der Waals surface area (Å²) in [5.74, 6) is 0.139. The zero-order valence-corrected chi connectivity index (χ0v) is 16.2. The van der Waals surface area contributed by atoms with Crippen LogP contribution >= 0.6 is 0 Å². The lowest BCUT2D eigenvalue weighted by Gasteiger charge is -2.36. The van der Waals surface area contributed by atoms with Gasteiger partial charge >= 0.3 is 0 Å². The molecular formula is C23H29N3O. The van der Waals surface area contributed by atoms with Crippen LogP contribution in [-0.2, 0) is 17.6 Å². The number of benzene rings is 2. The van der Waals surface area contributed by atoms with Gasteiger partial charge in [0.15, 0.2) is 0 Å². The van der Waals surface area contributed by atoms with Crippen molar-refractivity contribution in [2.24, 2.45) is 0 Å². The quantitative estimate of drug-likeness (QED) is 0.881. The average Bonchev–Trinajstić information content (AvgIpc) is 2.68. The van der Waals surface area contributed by atoms with Crippen molar-refractivity contribution in [1.29, 1.82) is 0 Å². The highest BCUT2D eigenvalue weighted by Crippen LogP contribution is 2.24. The molecule has 0 unspecified atom stereocenters. The van der Waals surface area contributed by atoms with E-state index in [4.69, 9.17) is 0 Å². The van der Waals surface area contributed by atoms with E-state index in [9.17, 15) is 4.79 Å². The number of amides is 1. The number of rotatable bonds is 5. The van der Waals surface area contributed by atoms with E-state index in [0.717, 1.165) is 51.3 Å². The van der Waals surface area contributed by atoms with E-state index >= 15 is 0 Å². The summed E-state index contributed by atoms with van der Waals surface area (Å²) in [5, 5.41) is 2.96. The molecule has 0 saturated carbocycles. The molecule has 4 nitrogen and oxygen atoms in total. The van der Waals surface area contributed by atoms with Gasteiger partial charge in [-0.25, -0.2) is 0 Å². The first-order valence-electron chi connectivity index (χ1n) is 10.1. The minimum Gasteiger partial charge on any atom is -0.369 e. The second-order valence-corrected chi connectivity index (χ2v) is 7.81. The van der Waals surface area contributed by atoms with Crippen LogP contribution in [0.2, 0.25) is 0 Å². The molecule has 1 saturated heterocycles. The Morgan fingerprint density at radius 1 is 1.00 bits per heavy atom. The third-order valence-corrected chi connectivity index (χ3v) is 5.74. The van der Waals surface area contributed by atoms with Crippen molar-refractivity contribution in [3.8, 4) is 0 Å². The Hall–Kier alpha value is -2.33. The molecule has 1 N–H and O–H groups in total. The highest BCUT2D eigenvalue weighted by Gasteiger charge is 2.17. The predicted octanol–water partition coefficient (Wildman–Crippen LogP) is 3.63. The lowest BCUT2D eigenvalue weighted by Crippen LogP contribution is -2.46. The number of carbonyl (C=O) groups is 1. The molecule has 4 heteroatoms.